The summed E-state index contributed by atoms with van der Waals surface area (Å²) in [6.07, 6.45) is 0. The van der Waals surface area contributed by atoms with Crippen LogP contribution in [0.2, 0.25) is 0 Å². The average molecular weight is 352 g/mol. The van der Waals surface area contributed by atoms with E-state index in [1.165, 1.54) is 4.90 Å². The quantitative estimate of drug-likeness (QED) is 0.609. The molecular weight excluding hydrogens is 342 g/mol. The Bertz CT molecular complexity index is 934. The summed E-state index contributed by atoms with van der Waals surface area (Å²) in [5.41, 5.74) is 1.54. The largest absolute Gasteiger partial charge is 0.268 e. The lowest BCUT2D eigenvalue weighted by molar-refractivity contribution is 0.0926. The van der Waals surface area contributed by atoms with E-state index in [9.17, 15) is 9.59 Å². The molecular formula is C18H10BrNO2. The van der Waals surface area contributed by atoms with Crippen molar-refractivity contribution in [3.63, 3.8) is 0 Å². The molecule has 3 nitrogen and oxygen atoms in total. The van der Waals surface area contributed by atoms with Crippen LogP contribution in [-0.2, 0) is 0 Å². The van der Waals surface area contributed by atoms with Gasteiger partial charge in [-0.3, -0.25) is 9.59 Å². The van der Waals surface area contributed by atoms with Gasteiger partial charge in [-0.2, -0.15) is 0 Å². The number of benzene rings is 3. The van der Waals surface area contributed by atoms with Crippen LogP contribution in [0, 0.1) is 0 Å². The fraction of sp³-hybridized carbons (Fsp3) is 0. The third kappa shape index (κ3) is 1.81. The molecule has 4 heteroatoms. The summed E-state index contributed by atoms with van der Waals surface area (Å²) in [4.78, 5) is 26.7. The first-order valence-electron chi connectivity index (χ1n) is 6.83. The molecule has 0 aliphatic carbocycles. The van der Waals surface area contributed by atoms with E-state index in [1.807, 2.05) is 42.5 Å². The zero-order valence-electron chi connectivity index (χ0n) is 11.4. The van der Waals surface area contributed by atoms with Gasteiger partial charge >= 0.3 is 0 Å². The van der Waals surface area contributed by atoms with Crippen LogP contribution in [0.5, 0.6) is 0 Å². The number of fused-ring (bicyclic) bond motifs is 3. The average Bonchev–Trinajstić information content (AvgIpc) is 2.79. The van der Waals surface area contributed by atoms with E-state index >= 15 is 0 Å². The van der Waals surface area contributed by atoms with Crippen LogP contribution in [0.1, 0.15) is 20.7 Å². The van der Waals surface area contributed by atoms with Crippen molar-refractivity contribution in [2.75, 3.05) is 4.90 Å². The molecule has 3 aromatic rings. The fourth-order valence-electron chi connectivity index (χ4n) is 2.85. The minimum absolute atomic E-state index is 0.265. The number of imide groups is 1. The monoisotopic (exact) mass is 351 g/mol. The van der Waals surface area contributed by atoms with Crippen molar-refractivity contribution >= 4 is 44.2 Å². The molecule has 0 spiro atoms. The second-order valence-corrected chi connectivity index (χ2v) is 6.05. The molecule has 0 unspecified atom stereocenters. The second-order valence-electron chi connectivity index (χ2n) is 5.13. The Morgan fingerprint density at radius 3 is 2.36 bits per heavy atom. The first-order valence-corrected chi connectivity index (χ1v) is 7.62. The Balaban J connectivity index is 1.96. The maximum atomic E-state index is 12.8. The fourth-order valence-corrected chi connectivity index (χ4v) is 3.22. The SMILES string of the molecule is O=C1c2ccc3cc(Br)ccc3c2C(=O)N1c1ccccc1. The number of para-hydroxylation sites is 1. The molecule has 106 valence electrons. The number of hydrogen-bond acceptors (Lipinski definition) is 2. The summed E-state index contributed by atoms with van der Waals surface area (Å²) in [5.74, 6) is -0.532. The van der Waals surface area contributed by atoms with Gasteiger partial charge in [0.1, 0.15) is 0 Å². The van der Waals surface area contributed by atoms with Gasteiger partial charge in [0.25, 0.3) is 11.8 Å². The summed E-state index contributed by atoms with van der Waals surface area (Å²) in [7, 11) is 0. The molecule has 3 aromatic carbocycles. The summed E-state index contributed by atoms with van der Waals surface area (Å²) < 4.78 is 0.941. The molecule has 4 rings (SSSR count). The van der Waals surface area contributed by atoms with Crippen molar-refractivity contribution < 1.29 is 9.59 Å². The van der Waals surface area contributed by atoms with Crippen LogP contribution in [-0.4, -0.2) is 11.8 Å². The van der Waals surface area contributed by atoms with Crippen LogP contribution in [0.3, 0.4) is 0 Å². The summed E-state index contributed by atoms with van der Waals surface area (Å²) >= 11 is 3.43. The lowest BCUT2D eigenvalue weighted by Gasteiger charge is -2.13. The van der Waals surface area contributed by atoms with Gasteiger partial charge in [-0.25, -0.2) is 4.90 Å². The molecule has 0 saturated carbocycles. The zero-order chi connectivity index (χ0) is 15.3. The topological polar surface area (TPSA) is 37.4 Å². The molecule has 2 amide bonds. The van der Waals surface area contributed by atoms with Gasteiger partial charge in [0.15, 0.2) is 0 Å². The number of hydrogen-bond donors (Lipinski definition) is 0. The lowest BCUT2D eigenvalue weighted by atomic mass is 10.0. The molecule has 0 fully saturated rings. The molecule has 22 heavy (non-hydrogen) atoms. The molecule has 1 heterocycles. The molecule has 1 aliphatic rings. The standard InChI is InChI=1S/C18H10BrNO2/c19-12-7-9-14-11(10-12)6-8-15-16(14)18(22)20(17(15)21)13-4-2-1-3-5-13/h1-10H. The van der Waals surface area contributed by atoms with E-state index in [0.29, 0.717) is 16.8 Å². The molecule has 1 aliphatic heterocycles. The van der Waals surface area contributed by atoms with E-state index in [0.717, 1.165) is 15.2 Å². The third-order valence-corrected chi connectivity index (χ3v) is 4.34. The number of carbonyl (C=O) groups excluding carboxylic acids is 2. The van der Waals surface area contributed by atoms with E-state index in [4.69, 9.17) is 0 Å². The third-order valence-electron chi connectivity index (χ3n) is 3.85. The van der Waals surface area contributed by atoms with E-state index in [-0.39, 0.29) is 11.8 Å². The smallest absolute Gasteiger partial charge is 0.266 e. The first-order chi connectivity index (χ1) is 10.7. The van der Waals surface area contributed by atoms with Crippen LogP contribution < -0.4 is 4.90 Å². The maximum Gasteiger partial charge on any atom is 0.266 e. The van der Waals surface area contributed by atoms with Gasteiger partial charge in [0.2, 0.25) is 0 Å². The molecule has 0 bridgehead atoms. The number of nitrogens with zero attached hydrogens (tertiary/aromatic N) is 1. The second kappa shape index (κ2) is 4.78. The van der Waals surface area contributed by atoms with Crippen molar-refractivity contribution in [2.45, 2.75) is 0 Å². The highest BCUT2D eigenvalue weighted by atomic mass is 79.9. The molecule has 0 atom stereocenters. The predicted octanol–water partition coefficient (Wildman–Crippen LogP) is 4.40. The Morgan fingerprint density at radius 2 is 1.59 bits per heavy atom. The normalized spacial score (nSPS) is 13.8. The molecule has 0 N–H and O–H groups in total. The van der Waals surface area contributed by atoms with Gasteiger partial charge in [-0.1, -0.05) is 46.3 Å². The van der Waals surface area contributed by atoms with Crippen LogP contribution >= 0.6 is 15.9 Å². The van der Waals surface area contributed by atoms with Crippen LogP contribution in [0.15, 0.2) is 65.1 Å². The van der Waals surface area contributed by atoms with Crippen molar-refractivity contribution in [3.05, 3.63) is 76.3 Å². The highest BCUT2D eigenvalue weighted by Crippen LogP contribution is 2.34. The maximum absolute atomic E-state index is 12.8. The first kappa shape index (κ1) is 13.2. The zero-order valence-corrected chi connectivity index (χ0v) is 13.0. The minimum atomic E-state index is -0.268. The van der Waals surface area contributed by atoms with Crippen LogP contribution in [0.25, 0.3) is 10.8 Å². The molecule has 0 radical (unpaired) electrons. The summed E-state index contributed by atoms with van der Waals surface area (Å²) in [5, 5.41) is 1.74. The highest BCUT2D eigenvalue weighted by Gasteiger charge is 2.37. The highest BCUT2D eigenvalue weighted by molar-refractivity contribution is 9.10. The van der Waals surface area contributed by atoms with Gasteiger partial charge in [0.05, 0.1) is 16.8 Å². The number of halogens is 1. The van der Waals surface area contributed by atoms with Crippen molar-refractivity contribution in [1.82, 2.24) is 0 Å². The Labute approximate surface area is 135 Å². The van der Waals surface area contributed by atoms with Gasteiger partial charge in [0, 0.05) is 4.47 Å². The predicted molar refractivity (Wildman–Crippen MR) is 89.2 cm³/mol. The van der Waals surface area contributed by atoms with Crippen molar-refractivity contribution in [1.29, 1.82) is 0 Å². The van der Waals surface area contributed by atoms with E-state index < -0.39 is 0 Å². The molecule has 0 saturated heterocycles. The Hall–Kier alpha value is -2.46. The summed E-state index contributed by atoms with van der Waals surface area (Å²) in [6.45, 7) is 0. The van der Waals surface area contributed by atoms with E-state index in [1.54, 1.807) is 18.2 Å². The van der Waals surface area contributed by atoms with Crippen LogP contribution in [0.4, 0.5) is 5.69 Å². The van der Waals surface area contributed by atoms with E-state index in [2.05, 4.69) is 15.9 Å². The van der Waals surface area contributed by atoms with Crippen molar-refractivity contribution in [3.8, 4) is 0 Å². The lowest BCUT2D eigenvalue weighted by Crippen LogP contribution is -2.29. The number of carbonyl (C=O) groups is 2. The number of amides is 2. The van der Waals surface area contributed by atoms with Crippen molar-refractivity contribution in [2.24, 2.45) is 0 Å². The minimum Gasteiger partial charge on any atom is -0.268 e. The summed E-state index contributed by atoms with van der Waals surface area (Å²) in [6, 6.07) is 18.3. The number of anilines is 1. The molecule has 0 aromatic heterocycles. The Morgan fingerprint density at radius 1 is 0.818 bits per heavy atom. The van der Waals surface area contributed by atoms with Gasteiger partial charge in [-0.05, 0) is 41.1 Å². The Kier molecular flexibility index (Phi) is 2.87. The number of rotatable bonds is 1. The van der Waals surface area contributed by atoms with Gasteiger partial charge in [-0.15, -0.1) is 0 Å². The van der Waals surface area contributed by atoms with Gasteiger partial charge < -0.3 is 0 Å².